The van der Waals surface area contributed by atoms with E-state index in [2.05, 4.69) is 17.9 Å². The number of ether oxygens (including phenoxy) is 1. The topological polar surface area (TPSA) is 102 Å². The standard InChI is InChI=1S/C18H26N2O4S2/c1-24-16-7-6-12(4-3-5-13(19)11-25)10-14(16)17(21)20-15(18(22)23)8-9-26-2/h3,5-7,10,13,15,25H,4,8-9,11,19H2,1-2H3,(H,20,21)(H,22,23)/b5-3+/t13?,15-/m0/s1. The Morgan fingerprint density at radius 2 is 2.19 bits per heavy atom. The number of thioether (sulfide) groups is 1. The van der Waals surface area contributed by atoms with E-state index in [1.54, 1.807) is 12.1 Å². The van der Waals surface area contributed by atoms with Gasteiger partial charge in [-0.2, -0.15) is 24.4 Å². The van der Waals surface area contributed by atoms with Crippen LogP contribution in [0.2, 0.25) is 0 Å². The summed E-state index contributed by atoms with van der Waals surface area (Å²) in [5, 5.41) is 11.9. The number of allylic oxidation sites excluding steroid dienone is 1. The molecule has 0 saturated carbocycles. The van der Waals surface area contributed by atoms with Crippen molar-refractivity contribution in [3.8, 4) is 5.75 Å². The maximum absolute atomic E-state index is 12.6. The first kappa shape index (κ1) is 22.4. The first-order chi connectivity index (χ1) is 12.4. The Bertz CT molecular complexity index is 638. The highest BCUT2D eigenvalue weighted by Crippen LogP contribution is 2.21. The van der Waals surface area contributed by atoms with E-state index < -0.39 is 17.9 Å². The molecule has 0 bridgehead atoms. The van der Waals surface area contributed by atoms with Crippen molar-refractivity contribution in [3.63, 3.8) is 0 Å². The number of carbonyl (C=O) groups is 2. The van der Waals surface area contributed by atoms with E-state index in [9.17, 15) is 14.7 Å². The van der Waals surface area contributed by atoms with Crippen molar-refractivity contribution in [1.29, 1.82) is 0 Å². The van der Waals surface area contributed by atoms with Gasteiger partial charge in [0.2, 0.25) is 0 Å². The number of amides is 1. The summed E-state index contributed by atoms with van der Waals surface area (Å²) in [6, 6.07) is 4.21. The van der Waals surface area contributed by atoms with Crippen LogP contribution in [0.3, 0.4) is 0 Å². The summed E-state index contributed by atoms with van der Waals surface area (Å²) >= 11 is 5.65. The zero-order valence-electron chi connectivity index (χ0n) is 15.0. The third kappa shape index (κ3) is 7.31. The van der Waals surface area contributed by atoms with Crippen LogP contribution in [0.5, 0.6) is 5.75 Å². The highest BCUT2D eigenvalue weighted by molar-refractivity contribution is 7.98. The van der Waals surface area contributed by atoms with Gasteiger partial charge in [0, 0.05) is 11.8 Å². The van der Waals surface area contributed by atoms with Gasteiger partial charge in [-0.3, -0.25) is 4.79 Å². The average Bonchev–Trinajstić information content (AvgIpc) is 2.64. The molecule has 6 nitrogen and oxygen atoms in total. The second-order valence-corrected chi connectivity index (χ2v) is 7.01. The maximum atomic E-state index is 12.6. The van der Waals surface area contributed by atoms with Crippen LogP contribution in [-0.4, -0.2) is 53.9 Å². The molecule has 0 fully saturated rings. The third-order valence-electron chi connectivity index (χ3n) is 3.67. The molecule has 26 heavy (non-hydrogen) atoms. The minimum absolute atomic E-state index is 0.118. The minimum Gasteiger partial charge on any atom is -0.496 e. The lowest BCUT2D eigenvalue weighted by Crippen LogP contribution is -2.41. The fourth-order valence-corrected chi connectivity index (χ4v) is 2.82. The van der Waals surface area contributed by atoms with Gasteiger partial charge in [-0.1, -0.05) is 18.2 Å². The van der Waals surface area contributed by atoms with Gasteiger partial charge in [0.05, 0.1) is 12.7 Å². The molecule has 0 aliphatic carbocycles. The molecular weight excluding hydrogens is 372 g/mol. The minimum atomic E-state index is -1.05. The molecular formula is C18H26N2O4S2. The molecule has 1 aromatic carbocycles. The van der Waals surface area contributed by atoms with Gasteiger partial charge in [-0.25, -0.2) is 4.79 Å². The Morgan fingerprint density at radius 3 is 2.77 bits per heavy atom. The van der Waals surface area contributed by atoms with Gasteiger partial charge in [-0.15, -0.1) is 0 Å². The van der Waals surface area contributed by atoms with Crippen LogP contribution in [0.25, 0.3) is 0 Å². The maximum Gasteiger partial charge on any atom is 0.326 e. The molecule has 8 heteroatoms. The van der Waals surface area contributed by atoms with Gasteiger partial charge in [0.25, 0.3) is 5.91 Å². The smallest absolute Gasteiger partial charge is 0.326 e. The van der Waals surface area contributed by atoms with Crippen LogP contribution in [0.4, 0.5) is 0 Å². The summed E-state index contributed by atoms with van der Waals surface area (Å²) in [7, 11) is 1.47. The summed E-state index contributed by atoms with van der Waals surface area (Å²) in [6.07, 6.45) is 6.62. The van der Waals surface area contributed by atoms with Crippen molar-refractivity contribution < 1.29 is 19.4 Å². The summed E-state index contributed by atoms with van der Waals surface area (Å²) in [5.41, 5.74) is 6.99. The summed E-state index contributed by atoms with van der Waals surface area (Å²) < 4.78 is 5.24. The number of carbonyl (C=O) groups excluding carboxylic acids is 1. The number of nitrogens with two attached hydrogens (primary N) is 1. The summed E-state index contributed by atoms with van der Waals surface area (Å²) in [5.74, 6) is 0.0834. The number of hydrogen-bond donors (Lipinski definition) is 4. The number of carboxylic acid groups (broad SMARTS) is 1. The fraction of sp³-hybridized carbons (Fsp3) is 0.444. The first-order valence-electron chi connectivity index (χ1n) is 8.15. The first-order valence-corrected chi connectivity index (χ1v) is 10.2. The Morgan fingerprint density at radius 1 is 1.46 bits per heavy atom. The van der Waals surface area contributed by atoms with Crippen molar-refractivity contribution in [2.24, 2.45) is 5.73 Å². The van der Waals surface area contributed by atoms with Crippen LogP contribution in [-0.2, 0) is 11.2 Å². The lowest BCUT2D eigenvalue weighted by molar-refractivity contribution is -0.139. The lowest BCUT2D eigenvalue weighted by Gasteiger charge is -2.16. The molecule has 144 valence electrons. The van der Waals surface area contributed by atoms with Crippen molar-refractivity contribution in [2.45, 2.75) is 24.9 Å². The van der Waals surface area contributed by atoms with Crippen LogP contribution in [0.15, 0.2) is 30.4 Å². The molecule has 0 spiro atoms. The zero-order chi connectivity index (χ0) is 19.5. The number of carboxylic acids is 1. The Labute approximate surface area is 164 Å². The third-order valence-corrected chi connectivity index (χ3v) is 4.74. The van der Waals surface area contributed by atoms with Gasteiger partial charge in [-0.05, 0) is 42.5 Å². The highest BCUT2D eigenvalue weighted by Gasteiger charge is 2.22. The molecule has 1 aromatic rings. The molecule has 0 heterocycles. The van der Waals surface area contributed by atoms with E-state index in [4.69, 9.17) is 10.5 Å². The molecule has 2 atom stereocenters. The number of methoxy groups -OCH3 is 1. The lowest BCUT2D eigenvalue weighted by atomic mass is 10.0. The summed E-state index contributed by atoms with van der Waals surface area (Å²) in [6.45, 7) is 0. The Kier molecular flexibility index (Phi) is 10.2. The van der Waals surface area contributed by atoms with E-state index in [1.165, 1.54) is 18.9 Å². The van der Waals surface area contributed by atoms with Gasteiger partial charge < -0.3 is 20.9 Å². The highest BCUT2D eigenvalue weighted by atomic mass is 32.2. The number of thiol groups is 1. The quantitative estimate of drug-likeness (QED) is 0.336. The molecule has 0 saturated heterocycles. The van der Waals surface area contributed by atoms with Crippen LogP contribution >= 0.6 is 24.4 Å². The van der Waals surface area contributed by atoms with Crippen molar-refractivity contribution >= 4 is 36.3 Å². The van der Waals surface area contributed by atoms with E-state index in [0.29, 0.717) is 35.7 Å². The van der Waals surface area contributed by atoms with Gasteiger partial charge in [0.1, 0.15) is 11.8 Å². The van der Waals surface area contributed by atoms with E-state index in [0.717, 1.165) is 5.56 Å². The van der Waals surface area contributed by atoms with Crippen molar-refractivity contribution in [2.75, 3.05) is 24.9 Å². The molecule has 1 rings (SSSR count). The number of rotatable bonds is 11. The number of benzene rings is 1. The van der Waals surface area contributed by atoms with Crippen molar-refractivity contribution in [3.05, 3.63) is 41.5 Å². The molecule has 0 aliphatic rings. The Balaban J connectivity index is 2.93. The molecule has 0 aliphatic heterocycles. The predicted molar refractivity (Wildman–Crippen MR) is 110 cm³/mol. The van der Waals surface area contributed by atoms with Gasteiger partial charge >= 0.3 is 5.97 Å². The van der Waals surface area contributed by atoms with Gasteiger partial charge in [0.15, 0.2) is 0 Å². The van der Waals surface area contributed by atoms with Crippen LogP contribution in [0.1, 0.15) is 22.3 Å². The molecule has 1 amide bonds. The van der Waals surface area contributed by atoms with Crippen molar-refractivity contribution in [1.82, 2.24) is 5.32 Å². The number of aliphatic carboxylic acids is 1. The summed E-state index contributed by atoms with van der Waals surface area (Å²) in [4.78, 5) is 23.9. The number of nitrogens with one attached hydrogen (secondary N) is 1. The second-order valence-electron chi connectivity index (χ2n) is 5.66. The fourth-order valence-electron chi connectivity index (χ4n) is 2.23. The number of hydrogen-bond acceptors (Lipinski definition) is 6. The second kappa shape index (κ2) is 11.9. The van der Waals surface area contributed by atoms with E-state index >= 15 is 0 Å². The molecule has 4 N–H and O–H groups in total. The molecule has 1 unspecified atom stereocenters. The predicted octanol–water partition coefficient (Wildman–Crippen LogP) is 1.99. The van der Waals surface area contributed by atoms with Crippen LogP contribution < -0.4 is 15.8 Å². The normalized spacial score (nSPS) is 13.4. The monoisotopic (exact) mass is 398 g/mol. The Hall–Kier alpha value is -1.64. The van der Waals surface area contributed by atoms with E-state index in [-0.39, 0.29) is 6.04 Å². The largest absolute Gasteiger partial charge is 0.496 e. The van der Waals surface area contributed by atoms with Crippen LogP contribution in [0, 0.1) is 0 Å². The average molecular weight is 399 g/mol. The zero-order valence-corrected chi connectivity index (χ0v) is 16.7. The SMILES string of the molecule is COc1ccc(C/C=C/C(N)CS)cc1C(=O)N[C@@H](CCSC)C(=O)O. The van der Waals surface area contributed by atoms with E-state index in [1.807, 2.05) is 24.5 Å². The molecule has 0 aromatic heterocycles. The molecule has 0 radical (unpaired) electrons.